The molecule has 0 aliphatic carbocycles. The van der Waals surface area contributed by atoms with Crippen molar-refractivity contribution in [2.75, 3.05) is 5.73 Å². The molecule has 148 valence electrons. The lowest BCUT2D eigenvalue weighted by Gasteiger charge is -2.16. The van der Waals surface area contributed by atoms with Gasteiger partial charge in [0.25, 0.3) is 0 Å². The van der Waals surface area contributed by atoms with Crippen LogP contribution in [-0.4, -0.2) is 27.9 Å². The summed E-state index contributed by atoms with van der Waals surface area (Å²) in [6, 6.07) is 15.0. The summed E-state index contributed by atoms with van der Waals surface area (Å²) in [4.78, 5) is 32.5. The van der Waals surface area contributed by atoms with Crippen LogP contribution in [0.3, 0.4) is 0 Å². The van der Waals surface area contributed by atoms with E-state index in [9.17, 15) is 9.59 Å². The van der Waals surface area contributed by atoms with Crippen LogP contribution in [0.2, 0.25) is 0 Å². The Morgan fingerprint density at radius 1 is 0.966 bits per heavy atom. The van der Waals surface area contributed by atoms with Crippen LogP contribution in [0.25, 0.3) is 11.4 Å². The van der Waals surface area contributed by atoms with Gasteiger partial charge < -0.3 is 22.1 Å². The molecule has 6 N–H and O–H groups in total. The van der Waals surface area contributed by atoms with Crippen LogP contribution in [0.5, 0.6) is 0 Å². The number of hydrogen-bond acceptors (Lipinski definition) is 5. The summed E-state index contributed by atoms with van der Waals surface area (Å²) in [5.41, 5.74) is 14.3. The third-order valence-corrected chi connectivity index (χ3v) is 4.27. The average Bonchev–Trinajstić information content (AvgIpc) is 2.73. The molecule has 1 atom stereocenters. The molecular weight excluding hydrogens is 368 g/mol. The molecule has 1 aromatic heterocycles. The number of hydrogen-bond donors (Lipinski definition) is 4. The number of amides is 3. The number of anilines is 1. The van der Waals surface area contributed by atoms with Crippen molar-refractivity contribution in [1.82, 2.24) is 20.6 Å². The SMILES string of the molecule is NC(=O)C(Cc1cccc(-c2ncccn2)c1)NC(=O)NCc1ccc(N)cc1. The van der Waals surface area contributed by atoms with Gasteiger partial charge in [-0.1, -0.05) is 30.3 Å². The van der Waals surface area contributed by atoms with Crippen LogP contribution in [-0.2, 0) is 17.8 Å². The standard InChI is InChI=1S/C21H22N6O2/c22-17-7-5-14(6-8-17)13-26-21(29)27-18(19(23)28)12-15-3-1-4-16(11-15)20-24-9-2-10-25-20/h1-11,18H,12-13,22H2,(H2,23,28)(H2,26,27,29). The van der Waals surface area contributed by atoms with Gasteiger partial charge in [-0.2, -0.15) is 0 Å². The van der Waals surface area contributed by atoms with E-state index in [0.717, 1.165) is 16.7 Å². The van der Waals surface area contributed by atoms with Crippen molar-refractivity contribution in [3.05, 3.63) is 78.1 Å². The Bertz CT molecular complexity index is 976. The third-order valence-electron chi connectivity index (χ3n) is 4.27. The number of aromatic nitrogens is 2. The maximum Gasteiger partial charge on any atom is 0.315 e. The topological polar surface area (TPSA) is 136 Å². The van der Waals surface area contributed by atoms with E-state index >= 15 is 0 Å². The van der Waals surface area contributed by atoms with Crippen molar-refractivity contribution >= 4 is 17.6 Å². The third kappa shape index (κ3) is 5.77. The lowest BCUT2D eigenvalue weighted by atomic mass is 10.0. The van der Waals surface area contributed by atoms with Gasteiger partial charge in [0.2, 0.25) is 5.91 Å². The summed E-state index contributed by atoms with van der Waals surface area (Å²) >= 11 is 0. The van der Waals surface area contributed by atoms with Crippen LogP contribution >= 0.6 is 0 Å². The maximum absolute atomic E-state index is 12.2. The Hall–Kier alpha value is -3.94. The summed E-state index contributed by atoms with van der Waals surface area (Å²) in [5.74, 6) is -0.0341. The number of urea groups is 1. The Kier molecular flexibility index (Phi) is 6.36. The molecule has 0 radical (unpaired) electrons. The Morgan fingerprint density at radius 2 is 1.69 bits per heavy atom. The largest absolute Gasteiger partial charge is 0.399 e. The minimum absolute atomic E-state index is 0.255. The molecule has 0 saturated heterocycles. The van der Waals surface area contributed by atoms with Crippen molar-refractivity contribution in [3.63, 3.8) is 0 Å². The summed E-state index contributed by atoms with van der Waals surface area (Å²) in [7, 11) is 0. The summed E-state index contributed by atoms with van der Waals surface area (Å²) in [6.45, 7) is 0.304. The number of benzene rings is 2. The van der Waals surface area contributed by atoms with Gasteiger partial charge in [-0.3, -0.25) is 4.79 Å². The second kappa shape index (κ2) is 9.32. The van der Waals surface area contributed by atoms with Gasteiger partial charge in [-0.15, -0.1) is 0 Å². The van der Waals surface area contributed by atoms with Crippen LogP contribution in [0.4, 0.5) is 10.5 Å². The number of nitrogens with one attached hydrogen (secondary N) is 2. The molecule has 0 aliphatic rings. The van der Waals surface area contributed by atoms with Crippen molar-refractivity contribution in [1.29, 1.82) is 0 Å². The highest BCUT2D eigenvalue weighted by Gasteiger charge is 2.19. The number of nitrogens with zero attached hydrogens (tertiary/aromatic N) is 2. The fraction of sp³-hybridized carbons (Fsp3) is 0.143. The van der Waals surface area contributed by atoms with Crippen molar-refractivity contribution in [2.24, 2.45) is 5.73 Å². The van der Waals surface area contributed by atoms with Crippen molar-refractivity contribution < 1.29 is 9.59 Å². The van der Waals surface area contributed by atoms with E-state index in [1.54, 1.807) is 30.6 Å². The second-order valence-corrected chi connectivity index (χ2v) is 6.50. The molecule has 1 unspecified atom stereocenters. The van der Waals surface area contributed by atoms with Gasteiger partial charge in [0.15, 0.2) is 5.82 Å². The predicted molar refractivity (Wildman–Crippen MR) is 110 cm³/mol. The van der Waals surface area contributed by atoms with Gasteiger partial charge >= 0.3 is 6.03 Å². The van der Waals surface area contributed by atoms with Gasteiger partial charge in [-0.05, 0) is 35.4 Å². The smallest absolute Gasteiger partial charge is 0.315 e. The molecule has 3 amide bonds. The van der Waals surface area contributed by atoms with E-state index in [1.807, 2.05) is 36.4 Å². The van der Waals surface area contributed by atoms with Crippen molar-refractivity contribution in [2.45, 2.75) is 19.0 Å². The molecule has 29 heavy (non-hydrogen) atoms. The molecule has 2 aromatic carbocycles. The van der Waals surface area contributed by atoms with Gasteiger partial charge in [-0.25, -0.2) is 14.8 Å². The number of carbonyl (C=O) groups excluding carboxylic acids is 2. The molecule has 0 saturated carbocycles. The Morgan fingerprint density at radius 3 is 2.38 bits per heavy atom. The zero-order valence-corrected chi connectivity index (χ0v) is 15.7. The molecule has 3 aromatic rings. The Labute approximate surface area is 168 Å². The lowest BCUT2D eigenvalue weighted by molar-refractivity contribution is -0.119. The first-order valence-electron chi connectivity index (χ1n) is 9.05. The van der Waals surface area contributed by atoms with Crippen LogP contribution < -0.4 is 22.1 Å². The summed E-state index contributed by atoms with van der Waals surface area (Å²) < 4.78 is 0. The molecule has 1 heterocycles. The molecule has 0 bridgehead atoms. The zero-order valence-electron chi connectivity index (χ0n) is 15.7. The van der Waals surface area contributed by atoms with Gasteiger partial charge in [0, 0.05) is 36.6 Å². The number of primary amides is 1. The second-order valence-electron chi connectivity index (χ2n) is 6.50. The molecule has 0 aliphatic heterocycles. The van der Waals surface area contributed by atoms with Crippen molar-refractivity contribution in [3.8, 4) is 11.4 Å². The van der Waals surface area contributed by atoms with E-state index in [1.165, 1.54) is 0 Å². The highest BCUT2D eigenvalue weighted by Crippen LogP contribution is 2.16. The number of nitrogen functional groups attached to an aromatic ring is 1. The van der Waals surface area contributed by atoms with E-state index in [0.29, 0.717) is 18.1 Å². The number of nitrogens with two attached hydrogens (primary N) is 2. The fourth-order valence-electron chi connectivity index (χ4n) is 2.77. The average molecular weight is 390 g/mol. The predicted octanol–water partition coefficient (Wildman–Crippen LogP) is 1.62. The van der Waals surface area contributed by atoms with E-state index < -0.39 is 18.0 Å². The molecule has 3 rings (SSSR count). The van der Waals surface area contributed by atoms with Crippen LogP contribution in [0.1, 0.15) is 11.1 Å². The highest BCUT2D eigenvalue weighted by molar-refractivity contribution is 5.86. The molecule has 0 fully saturated rings. The van der Waals surface area contributed by atoms with E-state index in [-0.39, 0.29) is 6.42 Å². The first-order chi connectivity index (χ1) is 14.0. The highest BCUT2D eigenvalue weighted by atomic mass is 16.2. The van der Waals surface area contributed by atoms with Gasteiger partial charge in [0.1, 0.15) is 6.04 Å². The Balaban J connectivity index is 1.62. The lowest BCUT2D eigenvalue weighted by Crippen LogP contribution is -2.49. The molecule has 0 spiro atoms. The van der Waals surface area contributed by atoms with E-state index in [2.05, 4.69) is 20.6 Å². The molecular formula is C21H22N6O2. The summed E-state index contributed by atoms with van der Waals surface area (Å²) in [5, 5.41) is 5.33. The molecule has 8 nitrogen and oxygen atoms in total. The first-order valence-corrected chi connectivity index (χ1v) is 9.05. The van der Waals surface area contributed by atoms with Crippen LogP contribution in [0.15, 0.2) is 67.0 Å². The fourth-order valence-corrected chi connectivity index (χ4v) is 2.77. The maximum atomic E-state index is 12.2. The monoisotopic (exact) mass is 390 g/mol. The minimum atomic E-state index is -0.853. The van der Waals surface area contributed by atoms with E-state index in [4.69, 9.17) is 11.5 Å². The minimum Gasteiger partial charge on any atom is -0.399 e. The van der Waals surface area contributed by atoms with Gasteiger partial charge in [0.05, 0.1) is 0 Å². The number of carbonyl (C=O) groups is 2. The summed E-state index contributed by atoms with van der Waals surface area (Å²) in [6.07, 6.45) is 3.58. The zero-order chi connectivity index (χ0) is 20.6. The normalized spacial score (nSPS) is 11.4. The van der Waals surface area contributed by atoms with Crippen LogP contribution in [0, 0.1) is 0 Å². The quantitative estimate of drug-likeness (QED) is 0.455. The first kappa shape index (κ1) is 19.8. The number of rotatable bonds is 7. The molecule has 8 heteroatoms.